The van der Waals surface area contributed by atoms with E-state index in [0.29, 0.717) is 22.6 Å². The molecule has 0 aromatic heterocycles. The number of para-hydroxylation sites is 2. The first kappa shape index (κ1) is 24.6. The molecule has 2 aromatic carbocycles. The fourth-order valence-corrected chi connectivity index (χ4v) is 7.01. The summed E-state index contributed by atoms with van der Waals surface area (Å²) in [5.74, 6) is -1.65. The number of fused-ring (bicyclic) bond motifs is 5. The zero-order valence-electron chi connectivity index (χ0n) is 21.7. The van der Waals surface area contributed by atoms with Gasteiger partial charge in [-0.05, 0) is 26.0 Å². The molecule has 10 nitrogen and oxygen atoms in total. The van der Waals surface area contributed by atoms with Crippen molar-refractivity contribution >= 4 is 23.6 Å². The Hall–Kier alpha value is -3.76. The topological polar surface area (TPSA) is 99.7 Å². The number of benzene rings is 2. The second-order valence-electron chi connectivity index (χ2n) is 9.92. The fraction of sp³-hybridized carbons (Fsp3) is 0.429. The lowest BCUT2D eigenvalue weighted by atomic mass is 9.83. The van der Waals surface area contributed by atoms with Gasteiger partial charge in [0.15, 0.2) is 0 Å². The molecule has 10 heteroatoms. The molecule has 0 bridgehead atoms. The summed E-state index contributed by atoms with van der Waals surface area (Å²) in [5, 5.41) is 3.68. The molecule has 198 valence electrons. The van der Waals surface area contributed by atoms with Crippen molar-refractivity contribution in [3.63, 3.8) is 0 Å². The molecule has 38 heavy (non-hydrogen) atoms. The first-order valence-electron chi connectivity index (χ1n) is 12.9. The standard InChI is InChI=1S/C28H30N4O6/c1-5-29-25(33)19-21(15-11-7-9-13-17(15)37-3)32-24-20(26(34)30(6-2)28(24)36)22(31(32)23(19)27(29)35)16-12-8-10-14-18(16)38-4/h7-14,19-24H,5-6H2,1-4H3/t19-,20-,21+,22+,23-,24+/m0/s1. The molecular weight excluding hydrogens is 488 g/mol. The summed E-state index contributed by atoms with van der Waals surface area (Å²) in [6, 6.07) is 11.6. The molecule has 4 heterocycles. The summed E-state index contributed by atoms with van der Waals surface area (Å²) in [6.07, 6.45) is 0. The van der Waals surface area contributed by atoms with Crippen LogP contribution < -0.4 is 9.47 Å². The minimum Gasteiger partial charge on any atom is -0.496 e. The van der Waals surface area contributed by atoms with Gasteiger partial charge in [0.2, 0.25) is 23.6 Å². The van der Waals surface area contributed by atoms with Gasteiger partial charge in [-0.3, -0.25) is 29.0 Å². The number of hydrogen-bond acceptors (Lipinski definition) is 8. The van der Waals surface area contributed by atoms with E-state index in [4.69, 9.17) is 9.47 Å². The lowest BCUT2D eigenvalue weighted by Gasteiger charge is -2.36. The van der Waals surface area contributed by atoms with E-state index < -0.39 is 36.0 Å². The summed E-state index contributed by atoms with van der Waals surface area (Å²) in [5.41, 5.74) is 1.39. The molecule has 2 aromatic rings. The van der Waals surface area contributed by atoms with Crippen LogP contribution in [0.5, 0.6) is 11.5 Å². The Morgan fingerprint density at radius 2 is 0.947 bits per heavy atom. The van der Waals surface area contributed by atoms with Crippen LogP contribution in [-0.4, -0.2) is 82.8 Å². The van der Waals surface area contributed by atoms with Crippen molar-refractivity contribution in [3.05, 3.63) is 59.7 Å². The van der Waals surface area contributed by atoms with Crippen LogP contribution in [-0.2, 0) is 19.2 Å². The van der Waals surface area contributed by atoms with E-state index >= 15 is 0 Å². The summed E-state index contributed by atoms with van der Waals surface area (Å²) in [6.45, 7) is 4.03. The van der Waals surface area contributed by atoms with E-state index in [9.17, 15) is 19.2 Å². The van der Waals surface area contributed by atoms with Crippen LogP contribution in [0.3, 0.4) is 0 Å². The number of hydrazine groups is 1. The lowest BCUT2D eigenvalue weighted by molar-refractivity contribution is -0.152. The van der Waals surface area contributed by atoms with Crippen molar-refractivity contribution in [3.8, 4) is 11.5 Å². The number of nitrogens with zero attached hydrogens (tertiary/aromatic N) is 4. The third-order valence-corrected chi connectivity index (χ3v) is 8.46. The van der Waals surface area contributed by atoms with Gasteiger partial charge in [0.05, 0.1) is 38.1 Å². The fourth-order valence-electron chi connectivity index (χ4n) is 7.01. The summed E-state index contributed by atoms with van der Waals surface area (Å²) in [7, 11) is 3.10. The highest BCUT2D eigenvalue weighted by Gasteiger charge is 2.73. The number of carbonyl (C=O) groups is 4. The highest BCUT2D eigenvalue weighted by atomic mass is 16.5. The smallest absolute Gasteiger partial charge is 0.248 e. The normalized spacial score (nSPS) is 30.7. The molecule has 4 saturated heterocycles. The SMILES string of the molecule is CCN1C(=O)[C@@H]2[C@@H](C1=O)N1[C@H](c3ccccc3OC)[C@@H]3C(=O)N(CC)C(=O)[C@@H]3N1[C@@H]2c1ccccc1OC. The average Bonchev–Trinajstić information content (AvgIpc) is 3.59. The van der Waals surface area contributed by atoms with Gasteiger partial charge >= 0.3 is 0 Å². The van der Waals surface area contributed by atoms with E-state index in [0.717, 1.165) is 0 Å². The van der Waals surface area contributed by atoms with Crippen LogP contribution in [0.2, 0.25) is 0 Å². The molecule has 4 aliphatic rings. The van der Waals surface area contributed by atoms with Crippen molar-refractivity contribution in [2.75, 3.05) is 27.3 Å². The summed E-state index contributed by atoms with van der Waals surface area (Å²) in [4.78, 5) is 57.8. The number of carbonyl (C=O) groups excluding carboxylic acids is 4. The van der Waals surface area contributed by atoms with Crippen molar-refractivity contribution in [2.45, 2.75) is 38.0 Å². The first-order chi connectivity index (χ1) is 18.4. The van der Waals surface area contributed by atoms with Crippen molar-refractivity contribution < 1.29 is 28.7 Å². The Kier molecular flexibility index (Phi) is 5.77. The lowest BCUT2D eigenvalue weighted by Crippen LogP contribution is -2.50. The molecule has 6 rings (SSSR count). The average molecular weight is 519 g/mol. The van der Waals surface area contributed by atoms with Gasteiger partial charge in [-0.15, -0.1) is 0 Å². The number of methoxy groups -OCH3 is 2. The third kappa shape index (κ3) is 3.01. The van der Waals surface area contributed by atoms with Crippen molar-refractivity contribution in [1.82, 2.24) is 19.8 Å². The molecule has 0 aliphatic carbocycles. The van der Waals surface area contributed by atoms with Gasteiger partial charge in [-0.2, -0.15) is 0 Å². The van der Waals surface area contributed by atoms with E-state index in [2.05, 4.69) is 0 Å². The molecule has 0 spiro atoms. The van der Waals surface area contributed by atoms with E-state index in [1.807, 2.05) is 46.4 Å². The van der Waals surface area contributed by atoms with Crippen LogP contribution in [0.15, 0.2) is 48.5 Å². The van der Waals surface area contributed by atoms with Crippen LogP contribution in [0.1, 0.15) is 37.1 Å². The maximum atomic E-state index is 13.8. The molecule has 6 atom stereocenters. The Balaban J connectivity index is 1.62. The number of ether oxygens (including phenoxy) is 2. The van der Waals surface area contributed by atoms with Crippen LogP contribution in [0, 0.1) is 11.8 Å². The molecule has 4 fully saturated rings. The predicted octanol–water partition coefficient (Wildman–Crippen LogP) is 1.78. The quantitative estimate of drug-likeness (QED) is 0.534. The van der Waals surface area contributed by atoms with Gasteiger partial charge in [0.1, 0.15) is 23.6 Å². The summed E-state index contributed by atoms with van der Waals surface area (Å²) < 4.78 is 11.4. The van der Waals surface area contributed by atoms with Crippen LogP contribution >= 0.6 is 0 Å². The zero-order chi connectivity index (χ0) is 26.9. The van der Waals surface area contributed by atoms with Gasteiger partial charge in [0.25, 0.3) is 0 Å². The maximum Gasteiger partial charge on any atom is 0.248 e. The number of hydrogen-bond donors (Lipinski definition) is 0. The highest BCUT2D eigenvalue weighted by Crippen LogP contribution is 2.60. The predicted molar refractivity (Wildman–Crippen MR) is 134 cm³/mol. The number of likely N-dealkylation sites (N-methyl/N-ethyl adjacent to an activating group) is 2. The number of likely N-dealkylation sites (tertiary alicyclic amines) is 2. The van der Waals surface area contributed by atoms with Crippen molar-refractivity contribution in [2.24, 2.45) is 11.8 Å². The highest BCUT2D eigenvalue weighted by molar-refractivity contribution is 6.10. The van der Waals surface area contributed by atoms with E-state index in [1.165, 1.54) is 9.80 Å². The van der Waals surface area contributed by atoms with Crippen molar-refractivity contribution in [1.29, 1.82) is 0 Å². The first-order valence-corrected chi connectivity index (χ1v) is 12.9. The molecule has 4 amide bonds. The molecular formula is C28H30N4O6. The van der Waals surface area contributed by atoms with Crippen LogP contribution in [0.25, 0.3) is 0 Å². The number of amides is 4. The molecule has 0 unspecified atom stereocenters. The Morgan fingerprint density at radius 3 is 1.29 bits per heavy atom. The molecule has 4 aliphatic heterocycles. The van der Waals surface area contributed by atoms with E-state index in [1.54, 1.807) is 40.2 Å². The van der Waals surface area contributed by atoms with Gasteiger partial charge < -0.3 is 9.47 Å². The van der Waals surface area contributed by atoms with Gasteiger partial charge in [-0.25, -0.2) is 10.0 Å². The maximum absolute atomic E-state index is 13.8. The Bertz CT molecular complexity index is 1240. The largest absolute Gasteiger partial charge is 0.496 e. The second-order valence-corrected chi connectivity index (χ2v) is 9.92. The summed E-state index contributed by atoms with van der Waals surface area (Å²) >= 11 is 0. The van der Waals surface area contributed by atoms with Crippen LogP contribution in [0.4, 0.5) is 0 Å². The number of imide groups is 2. The Labute approximate surface area is 220 Å². The second kappa shape index (κ2) is 8.92. The van der Waals surface area contributed by atoms with E-state index in [-0.39, 0.29) is 36.7 Å². The molecule has 0 radical (unpaired) electrons. The van der Waals surface area contributed by atoms with Gasteiger partial charge in [-0.1, -0.05) is 36.4 Å². The Morgan fingerprint density at radius 1 is 0.579 bits per heavy atom. The third-order valence-electron chi connectivity index (χ3n) is 8.46. The minimum absolute atomic E-state index is 0.241. The van der Waals surface area contributed by atoms with Gasteiger partial charge in [0, 0.05) is 24.2 Å². The monoisotopic (exact) mass is 518 g/mol. The zero-order valence-corrected chi connectivity index (χ0v) is 21.7. The minimum atomic E-state index is -0.867. The number of rotatable bonds is 6. The molecule has 0 N–H and O–H groups in total. The molecule has 0 saturated carbocycles.